The lowest BCUT2D eigenvalue weighted by atomic mass is 10.1. The van der Waals surface area contributed by atoms with Crippen molar-refractivity contribution in [2.75, 3.05) is 0 Å². The maximum Gasteiger partial charge on any atom is 0.194 e. The number of hydrogen-bond donors (Lipinski definition) is 0. The maximum atomic E-state index is 6.77. The van der Waals surface area contributed by atoms with E-state index in [9.17, 15) is 0 Å². The van der Waals surface area contributed by atoms with Gasteiger partial charge in [-0.3, -0.25) is 0 Å². The summed E-state index contributed by atoms with van der Waals surface area (Å²) in [5, 5.41) is 0.257. The Balaban J connectivity index is 2.71. The van der Waals surface area contributed by atoms with Crippen molar-refractivity contribution >= 4 is 8.32 Å². The molecule has 0 aliphatic heterocycles. The molecule has 128 valence electrons. The third-order valence-corrected chi connectivity index (χ3v) is 9.95. The molecule has 0 N–H and O–H groups in total. The van der Waals surface area contributed by atoms with Crippen LogP contribution in [0.3, 0.4) is 0 Å². The van der Waals surface area contributed by atoms with Gasteiger partial charge in [0.25, 0.3) is 0 Å². The lowest BCUT2D eigenvalue weighted by molar-refractivity contribution is 0.185. The Kier molecular flexibility index (Phi) is 6.78. The normalized spacial score (nSPS) is 25.0. The van der Waals surface area contributed by atoms with Gasteiger partial charge in [0.15, 0.2) is 8.32 Å². The van der Waals surface area contributed by atoms with Crippen molar-refractivity contribution in [1.82, 2.24) is 0 Å². The zero-order valence-corrected chi connectivity index (χ0v) is 17.3. The fraction of sp³-hybridized carbons (Fsp3) is 0.900. The number of rotatable bonds is 7. The SMILES string of the molecule is CCCCCCC#C[C@@]1(O[Si](C)(C)C(C)(C)C)C[C@@H]1C(C)C. The maximum absolute atomic E-state index is 6.77. The van der Waals surface area contributed by atoms with Gasteiger partial charge in [0.05, 0.1) is 0 Å². The molecule has 0 unspecified atom stereocenters. The molecule has 0 aromatic rings. The molecule has 0 heterocycles. The minimum Gasteiger partial charge on any atom is -0.400 e. The zero-order chi connectivity index (χ0) is 17.0. The minimum absolute atomic E-state index is 0.123. The van der Waals surface area contributed by atoms with Gasteiger partial charge in [0.1, 0.15) is 5.60 Å². The summed E-state index contributed by atoms with van der Waals surface area (Å²) in [6.07, 6.45) is 7.36. The van der Waals surface area contributed by atoms with Gasteiger partial charge in [-0.1, -0.05) is 66.7 Å². The Morgan fingerprint density at radius 2 is 1.82 bits per heavy atom. The van der Waals surface area contributed by atoms with E-state index in [4.69, 9.17) is 4.43 Å². The first-order valence-corrected chi connectivity index (χ1v) is 12.2. The Morgan fingerprint density at radius 3 is 2.27 bits per heavy atom. The average Bonchev–Trinajstić information content (AvgIpc) is 3.06. The van der Waals surface area contributed by atoms with Crippen molar-refractivity contribution in [2.24, 2.45) is 11.8 Å². The van der Waals surface area contributed by atoms with E-state index >= 15 is 0 Å². The van der Waals surface area contributed by atoms with Gasteiger partial charge in [0.2, 0.25) is 0 Å². The summed E-state index contributed by atoms with van der Waals surface area (Å²) in [5.74, 6) is 8.32. The van der Waals surface area contributed by atoms with E-state index in [-0.39, 0.29) is 10.6 Å². The van der Waals surface area contributed by atoms with Crippen LogP contribution < -0.4 is 0 Å². The quantitative estimate of drug-likeness (QED) is 0.299. The molecule has 1 aliphatic carbocycles. The summed E-state index contributed by atoms with van der Waals surface area (Å²) in [6, 6.07) is 0. The van der Waals surface area contributed by atoms with Crippen LogP contribution in [-0.2, 0) is 4.43 Å². The second kappa shape index (κ2) is 7.54. The van der Waals surface area contributed by atoms with E-state index in [1.54, 1.807) is 0 Å². The van der Waals surface area contributed by atoms with Gasteiger partial charge in [-0.15, -0.1) is 5.92 Å². The first-order valence-electron chi connectivity index (χ1n) is 9.26. The van der Waals surface area contributed by atoms with Crippen LogP contribution in [0, 0.1) is 23.7 Å². The molecule has 0 amide bonds. The molecule has 1 aliphatic rings. The van der Waals surface area contributed by atoms with Gasteiger partial charge in [0, 0.05) is 12.3 Å². The van der Waals surface area contributed by atoms with Crippen LogP contribution in [0.15, 0.2) is 0 Å². The van der Waals surface area contributed by atoms with E-state index in [2.05, 4.69) is 66.5 Å². The first kappa shape index (κ1) is 19.8. The second-order valence-electron chi connectivity index (χ2n) is 8.92. The lowest BCUT2D eigenvalue weighted by Crippen LogP contribution is -2.45. The topological polar surface area (TPSA) is 9.23 Å². The Bertz CT molecular complexity index is 408. The van der Waals surface area contributed by atoms with E-state index in [1.807, 2.05) is 0 Å². The largest absolute Gasteiger partial charge is 0.400 e. The fourth-order valence-electron chi connectivity index (χ4n) is 2.79. The van der Waals surface area contributed by atoms with Gasteiger partial charge >= 0.3 is 0 Å². The number of hydrogen-bond acceptors (Lipinski definition) is 1. The van der Waals surface area contributed by atoms with Crippen molar-refractivity contribution in [3.8, 4) is 11.8 Å². The lowest BCUT2D eigenvalue weighted by Gasteiger charge is -2.39. The molecule has 1 rings (SSSR count). The highest BCUT2D eigenvalue weighted by Crippen LogP contribution is 2.54. The predicted molar refractivity (Wildman–Crippen MR) is 100 cm³/mol. The van der Waals surface area contributed by atoms with Crippen molar-refractivity contribution in [3.05, 3.63) is 0 Å². The van der Waals surface area contributed by atoms with Crippen LogP contribution in [0.2, 0.25) is 18.1 Å². The van der Waals surface area contributed by atoms with Gasteiger partial charge < -0.3 is 4.43 Å². The second-order valence-corrected chi connectivity index (χ2v) is 13.6. The van der Waals surface area contributed by atoms with Gasteiger partial charge in [-0.2, -0.15) is 0 Å². The number of unbranched alkanes of at least 4 members (excludes halogenated alkanes) is 4. The molecule has 0 spiro atoms. The Labute approximate surface area is 140 Å². The molecule has 0 aromatic carbocycles. The molecule has 0 bridgehead atoms. The third kappa shape index (κ3) is 5.13. The molecular weight excluding hydrogens is 284 g/mol. The zero-order valence-electron chi connectivity index (χ0n) is 16.3. The van der Waals surface area contributed by atoms with Crippen molar-refractivity contribution in [2.45, 2.75) is 104 Å². The fourth-order valence-corrected chi connectivity index (χ4v) is 4.29. The standard InChI is InChI=1S/C20H38OSi/c1-9-10-11-12-13-14-15-20(16-18(20)17(2)3)21-22(7,8)19(4,5)6/h17-18H,9-13,16H2,1-8H3/t18-,20-/m1/s1. The highest BCUT2D eigenvalue weighted by atomic mass is 28.4. The van der Waals surface area contributed by atoms with Crippen LogP contribution in [0.4, 0.5) is 0 Å². The smallest absolute Gasteiger partial charge is 0.194 e. The molecule has 1 nitrogen and oxygen atoms in total. The van der Waals surface area contributed by atoms with Crippen LogP contribution in [0.25, 0.3) is 0 Å². The molecule has 0 aromatic heterocycles. The molecule has 1 saturated carbocycles. The molecule has 0 saturated heterocycles. The van der Waals surface area contributed by atoms with Gasteiger partial charge in [-0.05, 0) is 36.9 Å². The monoisotopic (exact) mass is 322 g/mol. The van der Waals surface area contributed by atoms with Crippen LogP contribution in [0.1, 0.15) is 80.1 Å². The van der Waals surface area contributed by atoms with Crippen molar-refractivity contribution < 1.29 is 4.43 Å². The van der Waals surface area contributed by atoms with Crippen LogP contribution >= 0.6 is 0 Å². The van der Waals surface area contributed by atoms with E-state index in [1.165, 1.54) is 25.7 Å². The van der Waals surface area contributed by atoms with Crippen LogP contribution in [-0.4, -0.2) is 13.9 Å². The Morgan fingerprint density at radius 1 is 1.18 bits per heavy atom. The summed E-state index contributed by atoms with van der Waals surface area (Å²) in [4.78, 5) is 0. The van der Waals surface area contributed by atoms with E-state index in [0.717, 1.165) is 12.8 Å². The van der Waals surface area contributed by atoms with E-state index in [0.29, 0.717) is 11.8 Å². The first-order chi connectivity index (χ1) is 10.1. The average molecular weight is 323 g/mol. The predicted octanol–water partition coefficient (Wildman–Crippen LogP) is 6.40. The third-order valence-electron chi connectivity index (χ3n) is 5.47. The molecule has 0 radical (unpaired) electrons. The summed E-state index contributed by atoms with van der Waals surface area (Å²) < 4.78 is 6.77. The minimum atomic E-state index is -1.75. The Hall–Kier alpha value is -0.263. The highest BCUT2D eigenvalue weighted by molar-refractivity contribution is 6.74. The van der Waals surface area contributed by atoms with Crippen molar-refractivity contribution in [3.63, 3.8) is 0 Å². The molecule has 2 atom stereocenters. The summed E-state index contributed by atoms with van der Waals surface area (Å²) in [7, 11) is -1.75. The highest BCUT2D eigenvalue weighted by Gasteiger charge is 2.59. The van der Waals surface area contributed by atoms with Crippen LogP contribution in [0.5, 0.6) is 0 Å². The molecule has 22 heavy (non-hydrogen) atoms. The molecule has 1 fully saturated rings. The molecule has 2 heteroatoms. The summed E-state index contributed by atoms with van der Waals surface area (Å²) in [5.41, 5.74) is -0.123. The van der Waals surface area contributed by atoms with Crippen molar-refractivity contribution in [1.29, 1.82) is 0 Å². The van der Waals surface area contributed by atoms with E-state index < -0.39 is 8.32 Å². The summed E-state index contributed by atoms with van der Waals surface area (Å²) >= 11 is 0. The molecular formula is C20H38OSi. The van der Waals surface area contributed by atoms with Gasteiger partial charge in [-0.25, -0.2) is 0 Å². The summed E-state index contributed by atoms with van der Waals surface area (Å²) in [6.45, 7) is 18.5.